The van der Waals surface area contributed by atoms with E-state index in [2.05, 4.69) is 15.9 Å². The molecule has 0 aromatic heterocycles. The van der Waals surface area contributed by atoms with Crippen LogP contribution in [0.2, 0.25) is 0 Å². The first-order chi connectivity index (χ1) is 6.92. The van der Waals surface area contributed by atoms with Gasteiger partial charge in [-0.05, 0) is 24.0 Å². The zero-order valence-corrected chi connectivity index (χ0v) is 10.2. The summed E-state index contributed by atoms with van der Waals surface area (Å²) in [5.41, 5.74) is 0.519. The monoisotopic (exact) mass is 296 g/mol. The minimum atomic E-state index is -4.29. The lowest BCUT2D eigenvalue weighted by Crippen LogP contribution is -2.01. The van der Waals surface area contributed by atoms with Gasteiger partial charge in [0, 0.05) is 15.5 Å². The molecule has 0 radical (unpaired) electrons. The molecule has 0 saturated carbocycles. The molecule has 1 aromatic rings. The second-order valence-corrected chi connectivity index (χ2v) is 4.50. The van der Waals surface area contributed by atoms with Gasteiger partial charge in [-0.15, -0.1) is 11.8 Å². The Hall–Kier alpha value is -0.420. The molecule has 0 unspecified atom stereocenters. The fourth-order valence-electron chi connectivity index (χ4n) is 0.977. The minimum Gasteiger partial charge on any atom is -0.167 e. The highest BCUT2D eigenvalue weighted by Crippen LogP contribution is 2.29. The number of allylic oxidation sites excluding steroid dienone is 1. The van der Waals surface area contributed by atoms with Gasteiger partial charge < -0.3 is 0 Å². The third-order valence-electron chi connectivity index (χ3n) is 1.66. The quantitative estimate of drug-likeness (QED) is 0.713. The van der Waals surface area contributed by atoms with Crippen molar-refractivity contribution in [2.75, 3.05) is 6.26 Å². The largest absolute Gasteiger partial charge is 0.410 e. The second kappa shape index (κ2) is 5.07. The van der Waals surface area contributed by atoms with Gasteiger partial charge in [0.15, 0.2) is 0 Å². The van der Waals surface area contributed by atoms with Gasteiger partial charge in [-0.3, -0.25) is 0 Å². The SMILES string of the molecule is CSc1ccc(/C(Br)=C/C(F)(F)F)cc1. The first-order valence-electron chi connectivity index (χ1n) is 4.02. The molecule has 0 atom stereocenters. The lowest BCUT2D eigenvalue weighted by molar-refractivity contribution is -0.0791. The summed E-state index contributed by atoms with van der Waals surface area (Å²) < 4.78 is 36.1. The van der Waals surface area contributed by atoms with Gasteiger partial charge in [0.2, 0.25) is 0 Å². The molecule has 0 bridgehead atoms. The lowest BCUT2D eigenvalue weighted by Gasteiger charge is -2.03. The van der Waals surface area contributed by atoms with E-state index in [-0.39, 0.29) is 10.6 Å². The van der Waals surface area contributed by atoms with E-state index in [1.54, 1.807) is 36.0 Å². The van der Waals surface area contributed by atoms with Crippen molar-refractivity contribution < 1.29 is 13.2 Å². The van der Waals surface area contributed by atoms with Crippen molar-refractivity contribution in [2.45, 2.75) is 11.1 Å². The van der Waals surface area contributed by atoms with Crippen molar-refractivity contribution in [3.63, 3.8) is 0 Å². The summed E-state index contributed by atoms with van der Waals surface area (Å²) in [4.78, 5) is 1.02. The molecule has 0 saturated heterocycles. The molecule has 1 aromatic carbocycles. The fourth-order valence-corrected chi connectivity index (χ4v) is 1.91. The molecule has 0 heterocycles. The highest BCUT2D eigenvalue weighted by Gasteiger charge is 2.24. The van der Waals surface area contributed by atoms with E-state index >= 15 is 0 Å². The molecule has 0 aliphatic heterocycles. The maximum Gasteiger partial charge on any atom is 0.410 e. The molecule has 15 heavy (non-hydrogen) atoms. The molecule has 1 rings (SSSR count). The van der Waals surface area contributed by atoms with Crippen molar-refractivity contribution in [1.82, 2.24) is 0 Å². The number of hydrogen-bond donors (Lipinski definition) is 0. The number of thioether (sulfide) groups is 1. The molecule has 0 spiro atoms. The van der Waals surface area contributed by atoms with Crippen LogP contribution in [0.4, 0.5) is 13.2 Å². The van der Waals surface area contributed by atoms with Gasteiger partial charge in [-0.1, -0.05) is 28.1 Å². The zero-order valence-electron chi connectivity index (χ0n) is 7.81. The minimum absolute atomic E-state index is 0.0441. The van der Waals surface area contributed by atoms with Gasteiger partial charge in [0.25, 0.3) is 0 Å². The number of hydrogen-bond acceptors (Lipinski definition) is 1. The Bertz CT molecular complexity index is 354. The molecule has 0 N–H and O–H groups in total. The van der Waals surface area contributed by atoms with Crippen LogP contribution in [0.15, 0.2) is 35.2 Å². The Morgan fingerprint density at radius 3 is 2.20 bits per heavy atom. The van der Waals surface area contributed by atoms with E-state index in [9.17, 15) is 13.2 Å². The van der Waals surface area contributed by atoms with Crippen LogP contribution < -0.4 is 0 Å². The number of alkyl halides is 3. The van der Waals surface area contributed by atoms with E-state index < -0.39 is 6.18 Å². The Labute approximate surface area is 98.7 Å². The van der Waals surface area contributed by atoms with E-state index in [0.29, 0.717) is 5.56 Å². The molecular formula is C10H8BrF3S. The molecular weight excluding hydrogens is 289 g/mol. The Balaban J connectivity index is 2.92. The van der Waals surface area contributed by atoms with Crippen molar-refractivity contribution in [3.05, 3.63) is 35.9 Å². The zero-order chi connectivity index (χ0) is 11.5. The molecule has 0 aliphatic rings. The number of benzene rings is 1. The lowest BCUT2D eigenvalue weighted by atomic mass is 10.2. The predicted molar refractivity (Wildman–Crippen MR) is 61.2 cm³/mol. The van der Waals surface area contributed by atoms with Crippen LogP contribution in [0, 0.1) is 0 Å². The van der Waals surface area contributed by atoms with Gasteiger partial charge in [-0.2, -0.15) is 13.2 Å². The van der Waals surface area contributed by atoms with Gasteiger partial charge >= 0.3 is 6.18 Å². The van der Waals surface area contributed by atoms with E-state index in [1.165, 1.54) is 0 Å². The first kappa shape index (κ1) is 12.6. The summed E-state index contributed by atoms with van der Waals surface area (Å²) in [6, 6.07) is 6.87. The topological polar surface area (TPSA) is 0 Å². The van der Waals surface area contributed by atoms with Crippen LogP contribution >= 0.6 is 27.7 Å². The summed E-state index contributed by atoms with van der Waals surface area (Å²) in [6.07, 6.45) is -2.15. The summed E-state index contributed by atoms with van der Waals surface area (Å²) >= 11 is 4.45. The standard InChI is InChI=1S/C10H8BrF3S/c1-15-8-4-2-7(3-5-8)9(11)6-10(12,13)14/h2-6H,1H3/b9-6-. The van der Waals surface area contributed by atoms with Gasteiger partial charge in [0.1, 0.15) is 0 Å². The maximum atomic E-state index is 12.0. The van der Waals surface area contributed by atoms with Crippen LogP contribution in [0.1, 0.15) is 5.56 Å². The molecule has 5 heteroatoms. The predicted octanol–water partition coefficient (Wildman–Crippen LogP) is 4.71. The van der Waals surface area contributed by atoms with Crippen LogP contribution in [-0.2, 0) is 0 Å². The Morgan fingerprint density at radius 2 is 1.80 bits per heavy atom. The summed E-state index contributed by atoms with van der Waals surface area (Å²) in [6.45, 7) is 0. The third kappa shape index (κ3) is 4.30. The second-order valence-electron chi connectivity index (χ2n) is 2.76. The Kier molecular flexibility index (Phi) is 4.28. The summed E-state index contributed by atoms with van der Waals surface area (Å²) in [5, 5.41) is 0. The molecule has 82 valence electrons. The highest BCUT2D eigenvalue weighted by molar-refractivity contribution is 9.15. The smallest absolute Gasteiger partial charge is 0.167 e. The molecule has 0 fully saturated rings. The fraction of sp³-hybridized carbons (Fsp3) is 0.200. The molecule has 0 aliphatic carbocycles. The van der Waals surface area contributed by atoms with Crippen molar-refractivity contribution in [2.24, 2.45) is 0 Å². The van der Waals surface area contributed by atoms with E-state index in [4.69, 9.17) is 0 Å². The van der Waals surface area contributed by atoms with Gasteiger partial charge in [-0.25, -0.2) is 0 Å². The van der Waals surface area contributed by atoms with Crippen LogP contribution in [0.3, 0.4) is 0 Å². The molecule has 0 amide bonds. The maximum absolute atomic E-state index is 12.0. The number of rotatable bonds is 2. The van der Waals surface area contributed by atoms with E-state index in [0.717, 1.165) is 4.90 Å². The third-order valence-corrected chi connectivity index (χ3v) is 3.09. The number of halogens is 4. The normalized spacial score (nSPS) is 13.0. The first-order valence-corrected chi connectivity index (χ1v) is 6.03. The average molecular weight is 297 g/mol. The van der Waals surface area contributed by atoms with Crippen molar-refractivity contribution >= 4 is 32.2 Å². The highest BCUT2D eigenvalue weighted by atomic mass is 79.9. The Morgan fingerprint density at radius 1 is 1.27 bits per heavy atom. The summed E-state index contributed by atoms with van der Waals surface area (Å²) in [5.74, 6) is 0. The molecule has 0 nitrogen and oxygen atoms in total. The van der Waals surface area contributed by atoms with Crippen LogP contribution in [-0.4, -0.2) is 12.4 Å². The average Bonchev–Trinajstić information content (AvgIpc) is 2.15. The van der Waals surface area contributed by atoms with E-state index in [1.807, 2.05) is 6.26 Å². The van der Waals surface area contributed by atoms with Crippen molar-refractivity contribution in [3.8, 4) is 0 Å². The summed E-state index contributed by atoms with van der Waals surface area (Å²) in [7, 11) is 0. The van der Waals surface area contributed by atoms with Crippen molar-refractivity contribution in [1.29, 1.82) is 0 Å². The van der Waals surface area contributed by atoms with Gasteiger partial charge in [0.05, 0.1) is 0 Å². The van der Waals surface area contributed by atoms with Crippen LogP contribution in [0.25, 0.3) is 4.48 Å². The van der Waals surface area contributed by atoms with Crippen LogP contribution in [0.5, 0.6) is 0 Å².